The molecule has 98 valence electrons. The lowest BCUT2D eigenvalue weighted by Crippen LogP contribution is -2.08. The Labute approximate surface area is 114 Å². The van der Waals surface area contributed by atoms with Crippen LogP contribution in [0.5, 0.6) is 0 Å². The van der Waals surface area contributed by atoms with Gasteiger partial charge in [-0.1, -0.05) is 29.8 Å². The maximum atomic E-state index is 13.5. The van der Waals surface area contributed by atoms with Crippen molar-refractivity contribution in [3.63, 3.8) is 0 Å². The number of rotatable bonds is 4. The lowest BCUT2D eigenvalue weighted by Gasteiger charge is -2.04. The van der Waals surface area contributed by atoms with Crippen molar-refractivity contribution in [1.29, 1.82) is 0 Å². The highest BCUT2D eigenvalue weighted by molar-refractivity contribution is 6.30. The second kappa shape index (κ2) is 5.93. The first-order valence-corrected chi connectivity index (χ1v) is 6.12. The molecule has 2 aromatic carbocycles. The third kappa shape index (κ3) is 3.86. The second-order valence-electron chi connectivity index (χ2n) is 4.25. The van der Waals surface area contributed by atoms with E-state index < -0.39 is 5.82 Å². The fraction of sp³-hybridized carbons (Fsp3) is 0.133. The standard InChI is InChI=1S/C15H11ClF2O/c16-12-4-3-11(15(18)9-12)8-14(19)7-10-1-5-13(17)6-2-10/h1-6,9H,7-8H2. The van der Waals surface area contributed by atoms with E-state index in [2.05, 4.69) is 0 Å². The molecule has 19 heavy (non-hydrogen) atoms. The Kier molecular flexibility index (Phi) is 4.27. The Hall–Kier alpha value is -1.74. The zero-order valence-electron chi connectivity index (χ0n) is 10.00. The van der Waals surface area contributed by atoms with Gasteiger partial charge in [-0.25, -0.2) is 8.78 Å². The summed E-state index contributed by atoms with van der Waals surface area (Å²) in [4.78, 5) is 11.8. The van der Waals surface area contributed by atoms with Gasteiger partial charge in [0.1, 0.15) is 17.4 Å². The van der Waals surface area contributed by atoms with E-state index in [-0.39, 0.29) is 24.4 Å². The van der Waals surface area contributed by atoms with Crippen LogP contribution in [0.3, 0.4) is 0 Å². The van der Waals surface area contributed by atoms with Crippen LogP contribution in [0.1, 0.15) is 11.1 Å². The van der Waals surface area contributed by atoms with Gasteiger partial charge in [0.15, 0.2) is 0 Å². The average Bonchev–Trinajstić information content (AvgIpc) is 2.36. The molecule has 0 heterocycles. The van der Waals surface area contributed by atoms with Crippen LogP contribution in [0.2, 0.25) is 5.02 Å². The topological polar surface area (TPSA) is 17.1 Å². The smallest absolute Gasteiger partial charge is 0.141 e. The zero-order valence-corrected chi connectivity index (χ0v) is 10.8. The molecule has 0 saturated heterocycles. The Morgan fingerprint density at radius 1 is 1.00 bits per heavy atom. The molecule has 0 atom stereocenters. The van der Waals surface area contributed by atoms with E-state index in [9.17, 15) is 13.6 Å². The van der Waals surface area contributed by atoms with Crippen LogP contribution in [-0.4, -0.2) is 5.78 Å². The Balaban J connectivity index is 2.03. The van der Waals surface area contributed by atoms with Crippen molar-refractivity contribution in [2.45, 2.75) is 12.8 Å². The largest absolute Gasteiger partial charge is 0.299 e. The summed E-state index contributed by atoms with van der Waals surface area (Å²) in [7, 11) is 0. The highest BCUT2D eigenvalue weighted by Gasteiger charge is 2.09. The highest BCUT2D eigenvalue weighted by Crippen LogP contribution is 2.16. The minimum absolute atomic E-state index is 0.000376. The number of halogens is 3. The lowest BCUT2D eigenvalue weighted by atomic mass is 10.0. The minimum atomic E-state index is -0.486. The van der Waals surface area contributed by atoms with Crippen molar-refractivity contribution < 1.29 is 13.6 Å². The quantitative estimate of drug-likeness (QED) is 0.828. The first-order chi connectivity index (χ1) is 9.04. The van der Waals surface area contributed by atoms with Crippen LogP contribution >= 0.6 is 11.6 Å². The number of carbonyl (C=O) groups is 1. The van der Waals surface area contributed by atoms with Gasteiger partial charge in [0, 0.05) is 17.9 Å². The van der Waals surface area contributed by atoms with Gasteiger partial charge in [0.05, 0.1) is 0 Å². The predicted molar refractivity (Wildman–Crippen MR) is 70.2 cm³/mol. The molecule has 0 fully saturated rings. The molecule has 0 spiro atoms. The van der Waals surface area contributed by atoms with E-state index in [4.69, 9.17) is 11.6 Å². The van der Waals surface area contributed by atoms with Crippen LogP contribution in [0.4, 0.5) is 8.78 Å². The van der Waals surface area contributed by atoms with Gasteiger partial charge in [-0.3, -0.25) is 4.79 Å². The van der Waals surface area contributed by atoms with Gasteiger partial charge in [-0.2, -0.15) is 0 Å². The van der Waals surface area contributed by atoms with Crippen LogP contribution in [0, 0.1) is 11.6 Å². The fourth-order valence-electron chi connectivity index (χ4n) is 1.77. The van der Waals surface area contributed by atoms with Crippen LogP contribution in [0.15, 0.2) is 42.5 Å². The lowest BCUT2D eigenvalue weighted by molar-refractivity contribution is -0.117. The predicted octanol–water partition coefficient (Wildman–Crippen LogP) is 3.97. The van der Waals surface area contributed by atoms with Crippen LogP contribution in [0.25, 0.3) is 0 Å². The summed E-state index contributed by atoms with van der Waals surface area (Å²) in [6, 6.07) is 9.92. The number of ketones is 1. The average molecular weight is 281 g/mol. The molecule has 0 N–H and O–H groups in total. The molecular weight excluding hydrogens is 270 g/mol. The maximum absolute atomic E-state index is 13.5. The number of hydrogen-bond acceptors (Lipinski definition) is 1. The summed E-state index contributed by atoms with van der Waals surface area (Å²) in [6.07, 6.45) is 0.155. The summed E-state index contributed by atoms with van der Waals surface area (Å²) >= 11 is 5.64. The van der Waals surface area contributed by atoms with Crippen LogP contribution in [-0.2, 0) is 17.6 Å². The van der Waals surface area contributed by atoms with E-state index in [1.54, 1.807) is 18.2 Å². The second-order valence-corrected chi connectivity index (χ2v) is 4.69. The van der Waals surface area contributed by atoms with Gasteiger partial charge >= 0.3 is 0 Å². The molecule has 4 heteroatoms. The summed E-state index contributed by atoms with van der Waals surface area (Å²) in [5.41, 5.74) is 1.03. The van der Waals surface area contributed by atoms with Crippen molar-refractivity contribution in [3.8, 4) is 0 Å². The number of hydrogen-bond donors (Lipinski definition) is 0. The van der Waals surface area contributed by atoms with Crippen LogP contribution < -0.4 is 0 Å². The molecule has 0 aliphatic heterocycles. The van der Waals surface area contributed by atoms with Crippen molar-refractivity contribution in [2.24, 2.45) is 0 Å². The molecule has 0 amide bonds. The number of benzene rings is 2. The van der Waals surface area contributed by atoms with Gasteiger partial charge in [0.25, 0.3) is 0 Å². The molecule has 0 saturated carbocycles. The first-order valence-electron chi connectivity index (χ1n) is 5.74. The summed E-state index contributed by atoms with van der Waals surface area (Å²) in [6.45, 7) is 0. The van der Waals surface area contributed by atoms with Crippen molar-refractivity contribution in [2.75, 3.05) is 0 Å². The highest BCUT2D eigenvalue weighted by atomic mass is 35.5. The molecule has 0 bridgehead atoms. The third-order valence-electron chi connectivity index (χ3n) is 2.72. The normalized spacial score (nSPS) is 10.5. The van der Waals surface area contributed by atoms with Crippen molar-refractivity contribution in [1.82, 2.24) is 0 Å². The minimum Gasteiger partial charge on any atom is -0.299 e. The molecule has 0 aromatic heterocycles. The van der Waals surface area contributed by atoms with Gasteiger partial charge in [-0.05, 0) is 35.4 Å². The fourth-order valence-corrected chi connectivity index (χ4v) is 1.93. The Bertz CT molecular complexity index is 594. The Morgan fingerprint density at radius 3 is 2.32 bits per heavy atom. The van der Waals surface area contributed by atoms with E-state index in [0.29, 0.717) is 16.1 Å². The van der Waals surface area contributed by atoms with E-state index in [1.807, 2.05) is 0 Å². The third-order valence-corrected chi connectivity index (χ3v) is 2.95. The van der Waals surface area contributed by atoms with Crippen molar-refractivity contribution >= 4 is 17.4 Å². The van der Waals surface area contributed by atoms with Gasteiger partial charge < -0.3 is 0 Å². The van der Waals surface area contributed by atoms with Gasteiger partial charge in [-0.15, -0.1) is 0 Å². The number of carbonyl (C=O) groups excluding carboxylic acids is 1. The van der Waals surface area contributed by atoms with E-state index in [0.717, 1.165) is 0 Å². The summed E-state index contributed by atoms with van der Waals surface area (Å²) in [5, 5.41) is 0.298. The maximum Gasteiger partial charge on any atom is 0.141 e. The SMILES string of the molecule is O=C(Cc1ccc(F)cc1)Cc1ccc(Cl)cc1F. The Morgan fingerprint density at radius 2 is 1.68 bits per heavy atom. The summed E-state index contributed by atoms with van der Waals surface area (Å²) in [5.74, 6) is -0.965. The first kappa shape index (κ1) is 13.7. The molecular formula is C15H11ClF2O. The summed E-state index contributed by atoms with van der Waals surface area (Å²) < 4.78 is 26.2. The molecule has 2 rings (SSSR count). The molecule has 0 radical (unpaired) electrons. The van der Waals surface area contributed by atoms with E-state index >= 15 is 0 Å². The molecule has 0 aliphatic carbocycles. The molecule has 2 aromatic rings. The monoisotopic (exact) mass is 280 g/mol. The van der Waals surface area contributed by atoms with Crippen molar-refractivity contribution in [3.05, 3.63) is 70.2 Å². The zero-order chi connectivity index (χ0) is 13.8. The molecule has 0 aliphatic rings. The van der Waals surface area contributed by atoms with Gasteiger partial charge in [0.2, 0.25) is 0 Å². The number of Topliss-reactive ketones (excluding diaryl/α,β-unsaturated/α-hetero) is 1. The molecule has 0 unspecified atom stereocenters. The molecule has 1 nitrogen and oxygen atoms in total. The van der Waals surface area contributed by atoms with E-state index in [1.165, 1.54) is 24.3 Å².